The van der Waals surface area contributed by atoms with E-state index in [2.05, 4.69) is 10.3 Å². The summed E-state index contributed by atoms with van der Waals surface area (Å²) in [5.74, 6) is -1.09. The molecule has 0 fully saturated rings. The number of hydrogen-bond acceptors (Lipinski definition) is 4. The van der Waals surface area contributed by atoms with Crippen LogP contribution >= 0.6 is 11.3 Å². The second kappa shape index (κ2) is 6.49. The molecule has 18 heavy (non-hydrogen) atoms. The molecule has 5 nitrogen and oxygen atoms in total. The number of aromatic carboxylic acids is 1. The normalized spacial score (nSPS) is 12.2. The zero-order chi connectivity index (χ0) is 13.7. The van der Waals surface area contributed by atoms with Gasteiger partial charge in [0.15, 0.2) is 0 Å². The van der Waals surface area contributed by atoms with E-state index in [9.17, 15) is 9.59 Å². The first-order valence-electron chi connectivity index (χ1n) is 5.99. The van der Waals surface area contributed by atoms with Gasteiger partial charge in [-0.25, -0.2) is 9.78 Å². The average molecular weight is 270 g/mol. The lowest BCUT2D eigenvalue weighted by Crippen LogP contribution is -2.33. The van der Waals surface area contributed by atoms with E-state index in [1.54, 1.807) is 0 Å². The van der Waals surface area contributed by atoms with E-state index < -0.39 is 5.97 Å². The summed E-state index contributed by atoms with van der Waals surface area (Å²) in [5, 5.41) is 12.4. The van der Waals surface area contributed by atoms with E-state index in [1.807, 2.05) is 20.8 Å². The van der Waals surface area contributed by atoms with Crippen LogP contribution in [0.4, 0.5) is 0 Å². The maximum Gasteiger partial charge on any atom is 0.347 e. The summed E-state index contributed by atoms with van der Waals surface area (Å²) in [6.45, 7) is 5.77. The predicted molar refractivity (Wildman–Crippen MR) is 70.1 cm³/mol. The predicted octanol–water partition coefficient (Wildman–Crippen LogP) is 1.86. The highest BCUT2D eigenvalue weighted by Gasteiger charge is 2.17. The molecule has 6 heteroatoms. The van der Waals surface area contributed by atoms with Gasteiger partial charge in [-0.15, -0.1) is 11.3 Å². The van der Waals surface area contributed by atoms with Gasteiger partial charge < -0.3 is 10.4 Å². The van der Waals surface area contributed by atoms with Crippen molar-refractivity contribution in [1.29, 1.82) is 0 Å². The number of hydrogen-bond donors (Lipinski definition) is 2. The van der Waals surface area contributed by atoms with Crippen LogP contribution in [0, 0.1) is 0 Å². The topological polar surface area (TPSA) is 79.3 Å². The van der Waals surface area contributed by atoms with Crippen LogP contribution in [0.5, 0.6) is 0 Å². The van der Waals surface area contributed by atoms with Gasteiger partial charge in [0.1, 0.15) is 9.88 Å². The van der Waals surface area contributed by atoms with Crippen LogP contribution in [0.1, 0.15) is 47.6 Å². The van der Waals surface area contributed by atoms with Crippen molar-refractivity contribution in [3.8, 4) is 0 Å². The molecule has 1 aromatic rings. The minimum atomic E-state index is -0.974. The summed E-state index contributed by atoms with van der Waals surface area (Å²) >= 11 is 1.08. The Morgan fingerprint density at radius 2 is 2.11 bits per heavy atom. The number of carbonyl (C=O) groups is 2. The molecule has 1 atom stereocenters. The Morgan fingerprint density at radius 3 is 2.56 bits per heavy atom. The molecule has 1 rings (SSSR count). The molecule has 0 aliphatic heterocycles. The number of nitrogens with one attached hydrogen (secondary N) is 1. The molecule has 1 heterocycles. The van der Waals surface area contributed by atoms with Crippen molar-refractivity contribution in [2.24, 2.45) is 0 Å². The van der Waals surface area contributed by atoms with Gasteiger partial charge in [-0.1, -0.05) is 13.8 Å². The van der Waals surface area contributed by atoms with Crippen LogP contribution in [0.3, 0.4) is 0 Å². The monoisotopic (exact) mass is 270 g/mol. The summed E-state index contributed by atoms with van der Waals surface area (Å²) in [5.41, 5.74) is 0.554. The molecule has 1 amide bonds. The van der Waals surface area contributed by atoms with Gasteiger partial charge in [0, 0.05) is 6.04 Å². The van der Waals surface area contributed by atoms with Crippen molar-refractivity contribution in [2.75, 3.05) is 0 Å². The van der Waals surface area contributed by atoms with Gasteiger partial charge in [0.2, 0.25) is 5.91 Å². The number of aromatic nitrogens is 1. The van der Waals surface area contributed by atoms with Crippen molar-refractivity contribution < 1.29 is 14.7 Å². The Labute approximate surface area is 110 Å². The lowest BCUT2D eigenvalue weighted by atomic mass is 10.2. The Kier molecular flexibility index (Phi) is 5.27. The molecule has 100 valence electrons. The fourth-order valence-electron chi connectivity index (χ4n) is 1.45. The number of nitrogens with zero attached hydrogens (tertiary/aromatic N) is 1. The molecular formula is C12H18N2O3S. The van der Waals surface area contributed by atoms with Gasteiger partial charge in [-0.3, -0.25) is 4.79 Å². The zero-order valence-corrected chi connectivity index (χ0v) is 11.6. The van der Waals surface area contributed by atoms with Gasteiger partial charge in [0.25, 0.3) is 0 Å². The van der Waals surface area contributed by atoms with E-state index >= 15 is 0 Å². The average Bonchev–Trinajstić information content (AvgIpc) is 2.71. The largest absolute Gasteiger partial charge is 0.477 e. The Morgan fingerprint density at radius 1 is 1.44 bits per heavy atom. The molecule has 1 aromatic heterocycles. The van der Waals surface area contributed by atoms with E-state index in [-0.39, 0.29) is 23.2 Å². The first kappa shape index (κ1) is 14.6. The molecule has 0 saturated carbocycles. The van der Waals surface area contributed by atoms with Gasteiger partial charge in [0.05, 0.1) is 12.1 Å². The third kappa shape index (κ3) is 3.80. The third-order valence-electron chi connectivity index (χ3n) is 2.60. The molecule has 2 N–H and O–H groups in total. The van der Waals surface area contributed by atoms with Crippen molar-refractivity contribution in [3.05, 3.63) is 15.6 Å². The maximum absolute atomic E-state index is 11.7. The molecule has 1 unspecified atom stereocenters. The summed E-state index contributed by atoms with van der Waals surface area (Å²) in [4.78, 5) is 27.1. The number of carbonyl (C=O) groups excluding carboxylic acids is 1. The second-order valence-electron chi connectivity index (χ2n) is 4.10. The van der Waals surface area contributed by atoms with E-state index in [4.69, 9.17) is 5.11 Å². The third-order valence-corrected chi connectivity index (χ3v) is 3.69. The Hall–Kier alpha value is -1.43. The smallest absolute Gasteiger partial charge is 0.347 e. The number of carboxylic acid groups (broad SMARTS) is 1. The Balaban J connectivity index is 2.73. The summed E-state index contributed by atoms with van der Waals surface area (Å²) < 4.78 is 0. The number of amides is 1. The molecule has 0 aliphatic rings. The molecule has 0 radical (unpaired) electrons. The summed E-state index contributed by atoms with van der Waals surface area (Å²) in [6.07, 6.45) is 1.57. The van der Waals surface area contributed by atoms with Crippen LogP contribution in [0.25, 0.3) is 0 Å². The first-order valence-corrected chi connectivity index (χ1v) is 6.80. The van der Waals surface area contributed by atoms with Crippen LogP contribution in [0.15, 0.2) is 0 Å². The van der Waals surface area contributed by atoms with E-state index in [0.29, 0.717) is 17.1 Å². The number of thiazole rings is 1. The molecule has 0 bridgehead atoms. The standard InChI is InChI=1S/C12H18N2O3S/c1-4-7(3)13-9(15)6-10-14-8(5-2)11(18-10)12(16)17/h7H,4-6H2,1-3H3,(H,13,15)(H,16,17). The maximum atomic E-state index is 11.7. The summed E-state index contributed by atoms with van der Waals surface area (Å²) in [6, 6.07) is 0.127. The molecule has 0 spiro atoms. The van der Waals surface area contributed by atoms with Crippen LogP contribution < -0.4 is 5.32 Å². The molecule has 0 aromatic carbocycles. The first-order chi connectivity index (χ1) is 8.47. The molecular weight excluding hydrogens is 252 g/mol. The van der Waals surface area contributed by atoms with Crippen molar-refractivity contribution >= 4 is 23.2 Å². The summed E-state index contributed by atoms with van der Waals surface area (Å²) in [7, 11) is 0. The van der Waals surface area contributed by atoms with Crippen LogP contribution in [-0.4, -0.2) is 28.0 Å². The van der Waals surface area contributed by atoms with E-state index in [0.717, 1.165) is 17.8 Å². The zero-order valence-electron chi connectivity index (χ0n) is 10.8. The van der Waals surface area contributed by atoms with E-state index in [1.165, 1.54) is 0 Å². The van der Waals surface area contributed by atoms with Gasteiger partial charge in [-0.05, 0) is 19.8 Å². The van der Waals surface area contributed by atoms with Crippen molar-refractivity contribution in [2.45, 2.75) is 46.1 Å². The van der Waals surface area contributed by atoms with Crippen molar-refractivity contribution in [3.63, 3.8) is 0 Å². The lowest BCUT2D eigenvalue weighted by molar-refractivity contribution is -0.121. The SMILES string of the molecule is CCc1nc(CC(=O)NC(C)CC)sc1C(=O)O. The highest BCUT2D eigenvalue weighted by atomic mass is 32.1. The highest BCUT2D eigenvalue weighted by Crippen LogP contribution is 2.19. The fraction of sp³-hybridized carbons (Fsp3) is 0.583. The minimum Gasteiger partial charge on any atom is -0.477 e. The van der Waals surface area contributed by atoms with Crippen LogP contribution in [0.2, 0.25) is 0 Å². The van der Waals surface area contributed by atoms with Crippen LogP contribution in [-0.2, 0) is 17.6 Å². The van der Waals surface area contributed by atoms with Gasteiger partial charge >= 0.3 is 5.97 Å². The fourth-order valence-corrected chi connectivity index (χ4v) is 2.44. The van der Waals surface area contributed by atoms with Crippen molar-refractivity contribution in [1.82, 2.24) is 10.3 Å². The number of aryl methyl sites for hydroxylation is 1. The second-order valence-corrected chi connectivity index (χ2v) is 5.18. The van der Waals surface area contributed by atoms with Gasteiger partial charge in [-0.2, -0.15) is 0 Å². The highest BCUT2D eigenvalue weighted by molar-refractivity contribution is 7.13. The quantitative estimate of drug-likeness (QED) is 0.827. The Bertz CT molecular complexity index is 443. The number of rotatable bonds is 6. The lowest BCUT2D eigenvalue weighted by Gasteiger charge is -2.09. The molecule has 0 saturated heterocycles. The minimum absolute atomic E-state index is 0.113. The molecule has 0 aliphatic carbocycles. The number of carboxylic acids is 1.